The molecule has 50 heavy (non-hydrogen) atoms. The number of hydrogen-bond acceptors (Lipinski definition) is 8. The van der Waals surface area contributed by atoms with Gasteiger partial charge in [0.1, 0.15) is 11.5 Å². The minimum Gasteiger partial charge on any atom is -0.493 e. The third-order valence-electron chi connectivity index (χ3n) is 9.68. The van der Waals surface area contributed by atoms with Crippen molar-refractivity contribution in [1.82, 2.24) is 9.80 Å². The van der Waals surface area contributed by atoms with E-state index in [1.54, 1.807) is 0 Å². The van der Waals surface area contributed by atoms with Crippen molar-refractivity contribution in [1.29, 1.82) is 0 Å². The molecule has 4 rings (SSSR count). The van der Waals surface area contributed by atoms with Gasteiger partial charge in [0.2, 0.25) is 0 Å². The Kier molecular flexibility index (Phi) is 19.2. The summed E-state index contributed by atoms with van der Waals surface area (Å²) in [5, 5.41) is 0. The van der Waals surface area contributed by atoms with Crippen LogP contribution in [0.2, 0.25) is 0 Å². The first-order valence-electron chi connectivity index (χ1n) is 18.5. The molecule has 280 valence electrons. The highest BCUT2D eigenvalue weighted by atomic mass is 79.9. The van der Waals surface area contributed by atoms with E-state index >= 15 is 0 Å². The number of carbonyl (C=O) groups is 2. The molecule has 2 saturated heterocycles. The van der Waals surface area contributed by atoms with Crippen molar-refractivity contribution in [2.75, 3.05) is 65.7 Å². The van der Waals surface area contributed by atoms with Gasteiger partial charge in [-0.1, -0.05) is 57.8 Å². The zero-order valence-corrected chi connectivity index (χ0v) is 34.4. The maximum Gasteiger partial charge on any atom is 0.320 e. The lowest BCUT2D eigenvalue weighted by molar-refractivity contribution is -0.145. The molecule has 0 amide bonds. The first-order valence-corrected chi connectivity index (χ1v) is 20.1. The summed E-state index contributed by atoms with van der Waals surface area (Å²) >= 11 is 7.09. The summed E-state index contributed by atoms with van der Waals surface area (Å²) in [5.74, 6) is 4.22. The van der Waals surface area contributed by atoms with E-state index in [4.69, 9.17) is 18.9 Å². The topological polar surface area (TPSA) is 77.5 Å². The van der Waals surface area contributed by atoms with Crippen molar-refractivity contribution >= 4 is 43.8 Å². The second kappa shape index (κ2) is 22.7. The summed E-state index contributed by atoms with van der Waals surface area (Å²) in [4.78, 5) is 27.5. The monoisotopic (exact) mass is 822 g/mol. The van der Waals surface area contributed by atoms with Crippen LogP contribution in [0.4, 0.5) is 0 Å². The average molecular weight is 825 g/mol. The predicted octanol–water partition coefficient (Wildman–Crippen LogP) is 8.88. The molecule has 2 aromatic rings. The Bertz CT molecular complexity index is 1210. The standard InChI is InChI=1S/2C20H30BrNO3/c2*1-4-24-20(23)13-22-10-8-17(9-11-22)12-15(2)14-25-19-7-5-6-18(21)16(19)3/h2*5-7,15,17H,4,8-14H2,1-3H3/t15-;/m1./s1. The molecular formula is C40H60Br2N2O6. The van der Waals surface area contributed by atoms with Crippen molar-refractivity contribution in [3.8, 4) is 11.5 Å². The highest BCUT2D eigenvalue weighted by Crippen LogP contribution is 2.30. The SMILES string of the molecule is CCOC(=O)CN1CCC(CC(C)COc2cccc(Br)c2C)CC1.CCOC(=O)CN1CCC(C[C@@H](C)COc2cccc(Br)c2C)CC1. The van der Waals surface area contributed by atoms with Crippen LogP contribution in [0.5, 0.6) is 11.5 Å². The largest absolute Gasteiger partial charge is 0.493 e. The lowest BCUT2D eigenvalue weighted by Crippen LogP contribution is -2.38. The van der Waals surface area contributed by atoms with Gasteiger partial charge in [0.05, 0.1) is 39.5 Å². The van der Waals surface area contributed by atoms with Crippen molar-refractivity contribution in [2.45, 2.75) is 80.1 Å². The number of ether oxygens (including phenoxy) is 4. The van der Waals surface area contributed by atoms with E-state index in [0.29, 0.717) is 38.1 Å². The van der Waals surface area contributed by atoms with Crippen LogP contribution in [-0.2, 0) is 19.1 Å². The average Bonchev–Trinajstić information content (AvgIpc) is 3.08. The maximum absolute atomic E-state index is 11.6. The number of carbonyl (C=O) groups excluding carboxylic acids is 2. The molecule has 0 spiro atoms. The third kappa shape index (κ3) is 15.2. The van der Waals surface area contributed by atoms with E-state index in [9.17, 15) is 9.59 Å². The number of benzene rings is 2. The predicted molar refractivity (Wildman–Crippen MR) is 208 cm³/mol. The van der Waals surface area contributed by atoms with Gasteiger partial charge in [0.15, 0.2) is 0 Å². The van der Waals surface area contributed by atoms with Gasteiger partial charge in [0, 0.05) is 20.1 Å². The van der Waals surface area contributed by atoms with Crippen molar-refractivity contribution < 1.29 is 28.5 Å². The molecule has 2 aliphatic rings. The Balaban J connectivity index is 0.000000270. The van der Waals surface area contributed by atoms with Crippen LogP contribution in [0.15, 0.2) is 45.3 Å². The number of piperidine rings is 2. The van der Waals surface area contributed by atoms with E-state index in [2.05, 4.69) is 69.4 Å². The Hall–Kier alpha value is -2.14. The second-order valence-electron chi connectivity index (χ2n) is 14.1. The van der Waals surface area contributed by atoms with Crippen molar-refractivity contribution in [3.63, 3.8) is 0 Å². The minimum atomic E-state index is -0.105. The van der Waals surface area contributed by atoms with Crippen LogP contribution in [0.25, 0.3) is 0 Å². The summed E-state index contributed by atoms with van der Waals surface area (Å²) in [6, 6.07) is 12.2. The quantitative estimate of drug-likeness (QED) is 0.156. The minimum absolute atomic E-state index is 0.105. The molecule has 0 aliphatic carbocycles. The van der Waals surface area contributed by atoms with Crippen molar-refractivity contribution in [2.24, 2.45) is 23.7 Å². The molecule has 0 saturated carbocycles. The van der Waals surface area contributed by atoms with Gasteiger partial charge in [-0.15, -0.1) is 0 Å². The summed E-state index contributed by atoms with van der Waals surface area (Å²) in [6.45, 7) is 19.6. The lowest BCUT2D eigenvalue weighted by Gasteiger charge is -2.32. The molecule has 2 atom stereocenters. The van der Waals surface area contributed by atoms with Gasteiger partial charge in [0.25, 0.3) is 0 Å². The van der Waals surface area contributed by atoms with Crippen LogP contribution in [0.3, 0.4) is 0 Å². The van der Waals surface area contributed by atoms with Crippen LogP contribution >= 0.6 is 31.9 Å². The van der Waals surface area contributed by atoms with E-state index in [1.807, 2.05) is 50.2 Å². The fraction of sp³-hybridized carbons (Fsp3) is 0.650. The summed E-state index contributed by atoms with van der Waals surface area (Å²) in [5.41, 5.74) is 2.31. The Morgan fingerprint density at radius 1 is 0.680 bits per heavy atom. The number of hydrogen-bond donors (Lipinski definition) is 0. The fourth-order valence-electron chi connectivity index (χ4n) is 6.77. The highest BCUT2D eigenvalue weighted by Gasteiger charge is 2.24. The third-order valence-corrected chi connectivity index (χ3v) is 11.4. The van der Waals surface area contributed by atoms with E-state index in [0.717, 1.165) is 108 Å². The molecule has 2 aromatic carbocycles. The lowest BCUT2D eigenvalue weighted by atomic mass is 9.88. The first kappa shape index (κ1) is 42.3. The number of rotatable bonds is 16. The van der Waals surface area contributed by atoms with Crippen LogP contribution in [-0.4, -0.2) is 87.4 Å². The van der Waals surface area contributed by atoms with Gasteiger partial charge in [-0.2, -0.15) is 0 Å². The Labute approximate surface area is 318 Å². The number of likely N-dealkylation sites (tertiary alicyclic amines) is 2. The maximum atomic E-state index is 11.6. The fourth-order valence-corrected chi connectivity index (χ4v) is 7.46. The van der Waals surface area contributed by atoms with Gasteiger partial charge in [-0.05, 0) is 140 Å². The molecule has 0 N–H and O–H groups in total. The normalized spacial score (nSPS) is 17.3. The first-order chi connectivity index (χ1) is 24.0. The van der Waals surface area contributed by atoms with Crippen LogP contribution in [0, 0.1) is 37.5 Å². The molecule has 2 fully saturated rings. The van der Waals surface area contributed by atoms with Gasteiger partial charge >= 0.3 is 11.9 Å². The number of esters is 2. The van der Waals surface area contributed by atoms with Crippen molar-refractivity contribution in [3.05, 3.63) is 56.5 Å². The molecule has 1 unspecified atom stereocenters. The molecule has 8 nitrogen and oxygen atoms in total. The molecule has 0 radical (unpaired) electrons. The van der Waals surface area contributed by atoms with Gasteiger partial charge < -0.3 is 18.9 Å². The smallest absolute Gasteiger partial charge is 0.320 e. The molecule has 2 aliphatic heterocycles. The van der Waals surface area contributed by atoms with Gasteiger partial charge in [-0.25, -0.2) is 0 Å². The number of halogens is 2. The zero-order chi connectivity index (χ0) is 36.5. The Morgan fingerprint density at radius 2 is 1.04 bits per heavy atom. The van der Waals surface area contributed by atoms with Crippen LogP contribution in [0.1, 0.15) is 77.3 Å². The van der Waals surface area contributed by atoms with E-state index in [1.165, 1.54) is 12.8 Å². The molecule has 0 aromatic heterocycles. The summed E-state index contributed by atoms with van der Waals surface area (Å²) in [7, 11) is 0. The van der Waals surface area contributed by atoms with Crippen LogP contribution < -0.4 is 9.47 Å². The highest BCUT2D eigenvalue weighted by molar-refractivity contribution is 9.10. The van der Waals surface area contributed by atoms with E-state index < -0.39 is 0 Å². The zero-order valence-electron chi connectivity index (χ0n) is 31.2. The molecule has 2 heterocycles. The van der Waals surface area contributed by atoms with Gasteiger partial charge in [-0.3, -0.25) is 19.4 Å². The molecule has 0 bridgehead atoms. The Morgan fingerprint density at radius 3 is 1.38 bits per heavy atom. The molecular weight excluding hydrogens is 764 g/mol. The summed E-state index contributed by atoms with van der Waals surface area (Å²) in [6.07, 6.45) is 6.97. The molecule has 10 heteroatoms. The second-order valence-corrected chi connectivity index (χ2v) is 15.8. The summed E-state index contributed by atoms with van der Waals surface area (Å²) < 4.78 is 24.3. The van der Waals surface area contributed by atoms with E-state index in [-0.39, 0.29) is 11.9 Å². The number of nitrogens with zero attached hydrogens (tertiary/aromatic N) is 2.